The Morgan fingerprint density at radius 1 is 1.37 bits per heavy atom. The largest absolute Gasteiger partial charge is 0.373 e. The van der Waals surface area contributed by atoms with Gasteiger partial charge < -0.3 is 15.5 Å². The summed E-state index contributed by atoms with van der Waals surface area (Å²) in [6.07, 6.45) is 0. The Kier molecular flexibility index (Phi) is 4.89. The van der Waals surface area contributed by atoms with Crippen molar-refractivity contribution in [1.29, 1.82) is 0 Å². The number of nitrogens with one attached hydrogen (secondary N) is 2. The van der Waals surface area contributed by atoms with Crippen molar-refractivity contribution >= 4 is 11.7 Å². The number of nitrogens with zero attached hydrogens (tertiary/aromatic N) is 2. The fraction of sp³-hybridized carbons (Fsp3) is 0.571. The predicted octanol–water partition coefficient (Wildman–Crippen LogP) is 1.50. The molecule has 1 aromatic heterocycles. The first-order chi connectivity index (χ1) is 8.76. The molecule has 1 aromatic rings. The molecule has 5 nitrogen and oxygen atoms in total. The fourth-order valence-electron chi connectivity index (χ4n) is 1.48. The van der Waals surface area contributed by atoms with Gasteiger partial charge in [-0.05, 0) is 47.0 Å². The molecular formula is C14H24N4O. The first-order valence-electron chi connectivity index (χ1n) is 6.38. The maximum Gasteiger partial charge on any atom is 0.251 e. The summed E-state index contributed by atoms with van der Waals surface area (Å²) in [6, 6.07) is 3.55. The van der Waals surface area contributed by atoms with Crippen LogP contribution in [0.25, 0.3) is 0 Å². The molecule has 1 heterocycles. The van der Waals surface area contributed by atoms with Gasteiger partial charge in [0.15, 0.2) is 0 Å². The van der Waals surface area contributed by atoms with Gasteiger partial charge in [0.2, 0.25) is 0 Å². The van der Waals surface area contributed by atoms with E-state index in [1.807, 2.05) is 21.0 Å². The molecule has 0 fully saturated rings. The van der Waals surface area contributed by atoms with Crippen LogP contribution in [-0.4, -0.2) is 49.0 Å². The second kappa shape index (κ2) is 6.02. The number of hydrogen-bond acceptors (Lipinski definition) is 4. The highest BCUT2D eigenvalue weighted by molar-refractivity contribution is 5.95. The fourth-order valence-corrected chi connectivity index (χ4v) is 1.48. The molecule has 0 aliphatic carbocycles. The Morgan fingerprint density at radius 3 is 2.53 bits per heavy atom. The molecule has 0 spiro atoms. The zero-order valence-electron chi connectivity index (χ0n) is 12.7. The van der Waals surface area contributed by atoms with E-state index in [0.29, 0.717) is 17.9 Å². The molecule has 0 aliphatic heterocycles. The van der Waals surface area contributed by atoms with E-state index >= 15 is 0 Å². The molecule has 0 saturated carbocycles. The van der Waals surface area contributed by atoms with Crippen molar-refractivity contribution in [2.45, 2.75) is 26.3 Å². The number of aryl methyl sites for hydroxylation is 1. The Bertz CT molecular complexity index is 455. The summed E-state index contributed by atoms with van der Waals surface area (Å²) in [4.78, 5) is 18.5. The lowest BCUT2D eigenvalue weighted by molar-refractivity contribution is 0.0919. The summed E-state index contributed by atoms with van der Waals surface area (Å²) < 4.78 is 0. The Morgan fingerprint density at radius 2 is 2.00 bits per heavy atom. The second-order valence-electron chi connectivity index (χ2n) is 5.52. The minimum absolute atomic E-state index is 0.0723. The summed E-state index contributed by atoms with van der Waals surface area (Å²) in [6.45, 7) is 6.64. The number of hydrogen-bond donors (Lipinski definition) is 2. The highest BCUT2D eigenvalue weighted by Gasteiger charge is 2.21. The van der Waals surface area contributed by atoms with E-state index in [2.05, 4.69) is 34.4 Å². The number of likely N-dealkylation sites (N-methyl/N-ethyl adjacent to an activating group) is 1. The van der Waals surface area contributed by atoms with Gasteiger partial charge in [-0.3, -0.25) is 4.79 Å². The third kappa shape index (κ3) is 4.21. The lowest BCUT2D eigenvalue weighted by atomic mass is 10.0. The van der Waals surface area contributed by atoms with E-state index in [-0.39, 0.29) is 11.4 Å². The van der Waals surface area contributed by atoms with E-state index in [0.717, 1.165) is 5.69 Å². The van der Waals surface area contributed by atoms with Crippen LogP contribution in [0.1, 0.15) is 29.9 Å². The number of carbonyl (C=O) groups is 1. The van der Waals surface area contributed by atoms with Gasteiger partial charge in [-0.25, -0.2) is 4.98 Å². The molecule has 0 unspecified atom stereocenters. The van der Waals surface area contributed by atoms with Crippen LogP contribution >= 0.6 is 0 Å². The van der Waals surface area contributed by atoms with Crippen LogP contribution in [0.5, 0.6) is 0 Å². The molecule has 1 amide bonds. The van der Waals surface area contributed by atoms with Crippen molar-refractivity contribution in [2.75, 3.05) is 33.0 Å². The molecular weight excluding hydrogens is 240 g/mol. The summed E-state index contributed by atoms with van der Waals surface area (Å²) in [5.41, 5.74) is 1.37. The predicted molar refractivity (Wildman–Crippen MR) is 78.6 cm³/mol. The van der Waals surface area contributed by atoms with Crippen molar-refractivity contribution in [3.05, 3.63) is 23.4 Å². The molecule has 0 radical (unpaired) electrons. The summed E-state index contributed by atoms with van der Waals surface area (Å²) >= 11 is 0. The van der Waals surface area contributed by atoms with Crippen LogP contribution in [0, 0.1) is 6.92 Å². The zero-order valence-corrected chi connectivity index (χ0v) is 12.7. The van der Waals surface area contributed by atoms with Gasteiger partial charge in [0.25, 0.3) is 5.91 Å². The van der Waals surface area contributed by atoms with Crippen LogP contribution in [0.15, 0.2) is 12.1 Å². The molecule has 106 valence electrons. The number of amides is 1. The number of pyridine rings is 1. The molecule has 0 aromatic carbocycles. The smallest absolute Gasteiger partial charge is 0.251 e. The van der Waals surface area contributed by atoms with Crippen molar-refractivity contribution in [3.63, 3.8) is 0 Å². The van der Waals surface area contributed by atoms with Gasteiger partial charge in [0, 0.05) is 30.4 Å². The maximum atomic E-state index is 12.1. The van der Waals surface area contributed by atoms with E-state index in [1.54, 1.807) is 19.2 Å². The maximum absolute atomic E-state index is 12.1. The Balaban J connectivity index is 2.76. The average Bonchev–Trinajstić information content (AvgIpc) is 2.34. The monoisotopic (exact) mass is 264 g/mol. The van der Waals surface area contributed by atoms with Crippen molar-refractivity contribution in [3.8, 4) is 0 Å². The second-order valence-corrected chi connectivity index (χ2v) is 5.52. The lowest BCUT2D eigenvalue weighted by Crippen LogP contribution is -2.48. The van der Waals surface area contributed by atoms with Crippen LogP contribution in [-0.2, 0) is 0 Å². The molecule has 5 heteroatoms. The Hall–Kier alpha value is -1.62. The molecule has 0 aliphatic rings. The molecule has 0 saturated heterocycles. The van der Waals surface area contributed by atoms with Crippen LogP contribution in [0.2, 0.25) is 0 Å². The first-order valence-corrected chi connectivity index (χ1v) is 6.38. The van der Waals surface area contributed by atoms with Crippen LogP contribution in [0.3, 0.4) is 0 Å². The molecule has 19 heavy (non-hydrogen) atoms. The van der Waals surface area contributed by atoms with Crippen LogP contribution in [0.4, 0.5) is 5.82 Å². The normalized spacial score (nSPS) is 11.5. The van der Waals surface area contributed by atoms with Crippen LogP contribution < -0.4 is 10.6 Å². The van der Waals surface area contributed by atoms with Crippen molar-refractivity contribution < 1.29 is 4.79 Å². The van der Waals surface area contributed by atoms with Crippen molar-refractivity contribution in [1.82, 2.24) is 15.2 Å². The molecule has 1 rings (SSSR count). The number of aromatic nitrogens is 1. The lowest BCUT2D eigenvalue weighted by Gasteiger charge is -2.32. The highest BCUT2D eigenvalue weighted by Crippen LogP contribution is 2.11. The van der Waals surface area contributed by atoms with Gasteiger partial charge in [0.1, 0.15) is 5.82 Å². The Labute approximate surface area is 115 Å². The molecule has 2 N–H and O–H groups in total. The summed E-state index contributed by atoms with van der Waals surface area (Å²) in [7, 11) is 5.79. The minimum Gasteiger partial charge on any atom is -0.373 e. The minimum atomic E-state index is -0.0798. The van der Waals surface area contributed by atoms with Crippen molar-refractivity contribution in [2.24, 2.45) is 0 Å². The third-order valence-electron chi connectivity index (χ3n) is 3.36. The van der Waals surface area contributed by atoms with Gasteiger partial charge in [-0.1, -0.05) is 0 Å². The first kappa shape index (κ1) is 15.4. The van der Waals surface area contributed by atoms with Gasteiger partial charge in [-0.2, -0.15) is 0 Å². The summed E-state index contributed by atoms with van der Waals surface area (Å²) in [5, 5.41) is 5.92. The topological polar surface area (TPSA) is 57.3 Å². The zero-order chi connectivity index (χ0) is 14.6. The SMILES string of the molecule is CNc1cc(C(=O)NCC(C)(C)N(C)C)cc(C)n1. The highest BCUT2D eigenvalue weighted by atomic mass is 16.1. The molecule has 0 bridgehead atoms. The average molecular weight is 264 g/mol. The number of rotatable bonds is 5. The van der Waals surface area contributed by atoms with E-state index < -0.39 is 0 Å². The standard InChI is InChI=1S/C14H24N4O/c1-10-7-11(8-12(15-4)17-10)13(19)16-9-14(2,3)18(5)6/h7-8H,9H2,1-6H3,(H,15,17)(H,16,19). The van der Waals surface area contributed by atoms with Gasteiger partial charge in [0.05, 0.1) is 0 Å². The quantitative estimate of drug-likeness (QED) is 0.846. The number of carbonyl (C=O) groups excluding carboxylic acids is 1. The van der Waals surface area contributed by atoms with E-state index in [1.165, 1.54) is 0 Å². The molecule has 0 atom stereocenters. The third-order valence-corrected chi connectivity index (χ3v) is 3.36. The van der Waals surface area contributed by atoms with E-state index in [9.17, 15) is 4.79 Å². The van der Waals surface area contributed by atoms with E-state index in [4.69, 9.17) is 0 Å². The number of anilines is 1. The van der Waals surface area contributed by atoms with Gasteiger partial charge >= 0.3 is 0 Å². The summed E-state index contributed by atoms with van der Waals surface area (Å²) in [5.74, 6) is 0.633. The van der Waals surface area contributed by atoms with Gasteiger partial charge in [-0.15, -0.1) is 0 Å².